The molecular weight excluding hydrogens is 262 g/mol. The molecule has 116 valence electrons. The van der Waals surface area contributed by atoms with Gasteiger partial charge in [-0.2, -0.15) is 0 Å². The van der Waals surface area contributed by atoms with Gasteiger partial charge in [0.2, 0.25) is 0 Å². The van der Waals surface area contributed by atoms with Crippen LogP contribution >= 0.6 is 0 Å². The average molecular weight is 289 g/mol. The van der Waals surface area contributed by atoms with Crippen LogP contribution in [0.2, 0.25) is 0 Å². The molecule has 2 heterocycles. The van der Waals surface area contributed by atoms with Crippen LogP contribution in [0, 0.1) is 13.8 Å². The fourth-order valence-corrected chi connectivity index (χ4v) is 4.14. The van der Waals surface area contributed by atoms with Gasteiger partial charge in [-0.3, -0.25) is 4.90 Å². The van der Waals surface area contributed by atoms with Crippen LogP contribution in [0.15, 0.2) is 12.1 Å². The summed E-state index contributed by atoms with van der Waals surface area (Å²) in [6.45, 7) is 5.30. The van der Waals surface area contributed by atoms with Crippen molar-refractivity contribution >= 4 is 0 Å². The Morgan fingerprint density at radius 3 is 2.43 bits per heavy atom. The number of fused-ring (bicyclic) bond motifs is 2. The van der Waals surface area contributed by atoms with Gasteiger partial charge in [-0.25, -0.2) is 0 Å². The second kappa shape index (κ2) is 5.98. The maximum atomic E-state index is 10.0. The lowest BCUT2D eigenvalue weighted by molar-refractivity contribution is -0.0313. The van der Waals surface area contributed by atoms with Gasteiger partial charge >= 0.3 is 0 Å². The quantitative estimate of drug-likeness (QED) is 0.927. The summed E-state index contributed by atoms with van der Waals surface area (Å²) < 4.78 is 5.41. The molecule has 1 unspecified atom stereocenters. The van der Waals surface area contributed by atoms with Crippen molar-refractivity contribution in [2.24, 2.45) is 0 Å². The SMILES string of the molecule is COc1cc(C)c(CN2[C@@H]3CCC[C@H]2CC(O)C3)cc1C. The third-order valence-corrected chi connectivity index (χ3v) is 5.31. The Morgan fingerprint density at radius 1 is 1.14 bits per heavy atom. The van der Waals surface area contributed by atoms with E-state index in [4.69, 9.17) is 4.74 Å². The highest BCUT2D eigenvalue weighted by Crippen LogP contribution is 2.36. The molecule has 0 saturated carbocycles. The maximum Gasteiger partial charge on any atom is 0.122 e. The zero-order valence-corrected chi connectivity index (χ0v) is 13.4. The van der Waals surface area contributed by atoms with E-state index >= 15 is 0 Å². The van der Waals surface area contributed by atoms with Crippen LogP contribution in [0.5, 0.6) is 5.75 Å². The molecule has 1 aromatic rings. The number of piperidine rings is 2. The zero-order valence-electron chi connectivity index (χ0n) is 13.4. The predicted molar refractivity (Wildman–Crippen MR) is 84.7 cm³/mol. The molecule has 0 spiro atoms. The number of hydrogen-bond acceptors (Lipinski definition) is 3. The smallest absolute Gasteiger partial charge is 0.122 e. The third-order valence-electron chi connectivity index (χ3n) is 5.31. The monoisotopic (exact) mass is 289 g/mol. The fraction of sp³-hybridized carbons (Fsp3) is 0.667. The molecule has 3 rings (SSSR count). The minimum absolute atomic E-state index is 0.0877. The molecule has 0 amide bonds. The van der Waals surface area contributed by atoms with Gasteiger partial charge in [-0.15, -0.1) is 0 Å². The molecule has 2 aliphatic heterocycles. The summed E-state index contributed by atoms with van der Waals surface area (Å²) in [4.78, 5) is 2.64. The topological polar surface area (TPSA) is 32.7 Å². The molecule has 2 bridgehead atoms. The summed E-state index contributed by atoms with van der Waals surface area (Å²) >= 11 is 0. The Kier molecular flexibility index (Phi) is 4.23. The lowest BCUT2D eigenvalue weighted by atomic mass is 9.82. The molecule has 3 heteroatoms. The predicted octanol–water partition coefficient (Wildman–Crippen LogP) is 3.19. The van der Waals surface area contributed by atoms with Crippen LogP contribution in [0.25, 0.3) is 0 Å². The number of nitrogens with zero attached hydrogens (tertiary/aromatic N) is 1. The fourth-order valence-electron chi connectivity index (χ4n) is 4.14. The van der Waals surface area contributed by atoms with E-state index in [9.17, 15) is 5.11 Å². The largest absolute Gasteiger partial charge is 0.496 e. The van der Waals surface area contributed by atoms with Crippen molar-refractivity contribution in [3.8, 4) is 5.75 Å². The molecule has 1 aromatic carbocycles. The number of ether oxygens (including phenoxy) is 1. The van der Waals surface area contributed by atoms with Gasteiger partial charge in [0.1, 0.15) is 5.75 Å². The first-order valence-corrected chi connectivity index (χ1v) is 8.16. The number of methoxy groups -OCH3 is 1. The van der Waals surface area contributed by atoms with Crippen molar-refractivity contribution in [3.63, 3.8) is 0 Å². The van der Waals surface area contributed by atoms with Gasteiger partial charge in [0.25, 0.3) is 0 Å². The van der Waals surface area contributed by atoms with Crippen molar-refractivity contribution < 1.29 is 9.84 Å². The molecule has 2 saturated heterocycles. The first-order chi connectivity index (χ1) is 10.1. The summed E-state index contributed by atoms with van der Waals surface area (Å²) in [5.74, 6) is 0.977. The number of aliphatic hydroxyl groups is 1. The van der Waals surface area contributed by atoms with E-state index in [1.807, 2.05) is 0 Å². The second-order valence-corrected chi connectivity index (χ2v) is 6.78. The first-order valence-electron chi connectivity index (χ1n) is 8.16. The minimum atomic E-state index is -0.0877. The van der Waals surface area contributed by atoms with E-state index in [1.54, 1.807) is 7.11 Å². The molecule has 2 fully saturated rings. The van der Waals surface area contributed by atoms with Crippen LogP contribution < -0.4 is 4.74 Å². The summed E-state index contributed by atoms with van der Waals surface area (Å²) in [6, 6.07) is 5.55. The Labute approximate surface area is 127 Å². The van der Waals surface area contributed by atoms with Crippen molar-refractivity contribution in [1.29, 1.82) is 0 Å². The van der Waals surface area contributed by atoms with Crippen LogP contribution in [0.3, 0.4) is 0 Å². The molecule has 0 aliphatic carbocycles. The second-order valence-electron chi connectivity index (χ2n) is 6.78. The number of aliphatic hydroxyl groups excluding tert-OH is 1. The van der Waals surface area contributed by atoms with Crippen LogP contribution in [0.4, 0.5) is 0 Å². The molecule has 3 nitrogen and oxygen atoms in total. The van der Waals surface area contributed by atoms with E-state index in [0.717, 1.165) is 25.1 Å². The highest BCUT2D eigenvalue weighted by atomic mass is 16.5. The zero-order chi connectivity index (χ0) is 15.0. The maximum absolute atomic E-state index is 10.0. The summed E-state index contributed by atoms with van der Waals surface area (Å²) in [7, 11) is 1.73. The normalized spacial score (nSPS) is 29.4. The van der Waals surface area contributed by atoms with Crippen molar-refractivity contribution in [2.75, 3.05) is 7.11 Å². The highest BCUT2D eigenvalue weighted by Gasteiger charge is 2.37. The standard InChI is InChI=1S/C18H27NO2/c1-12-8-18(21-3)13(2)7-14(12)11-19-15-5-4-6-16(19)10-17(20)9-15/h7-8,15-17,20H,4-6,9-11H2,1-3H3/t15-,16+,17?. The minimum Gasteiger partial charge on any atom is -0.496 e. The lowest BCUT2D eigenvalue weighted by Gasteiger charge is -2.48. The van der Waals surface area contributed by atoms with E-state index in [2.05, 4.69) is 30.9 Å². The van der Waals surface area contributed by atoms with Crippen LogP contribution in [0.1, 0.15) is 48.8 Å². The van der Waals surface area contributed by atoms with Gasteiger partial charge in [0.15, 0.2) is 0 Å². The molecule has 0 aromatic heterocycles. The Bertz CT molecular complexity index is 500. The Balaban J connectivity index is 1.81. The number of aryl methyl sites for hydroxylation is 2. The molecule has 2 aliphatic rings. The van der Waals surface area contributed by atoms with Crippen molar-refractivity contribution in [2.45, 2.75) is 70.7 Å². The van der Waals surface area contributed by atoms with E-state index in [-0.39, 0.29) is 6.10 Å². The molecule has 21 heavy (non-hydrogen) atoms. The molecular formula is C18H27NO2. The summed E-state index contributed by atoms with van der Waals surface area (Å²) in [5.41, 5.74) is 3.92. The number of benzene rings is 1. The Hall–Kier alpha value is -1.06. The lowest BCUT2D eigenvalue weighted by Crippen LogP contribution is -2.52. The molecule has 3 atom stereocenters. The molecule has 1 N–H and O–H groups in total. The number of hydrogen-bond donors (Lipinski definition) is 1. The highest BCUT2D eigenvalue weighted by molar-refractivity contribution is 5.41. The van der Waals surface area contributed by atoms with Crippen LogP contribution in [-0.2, 0) is 6.54 Å². The number of rotatable bonds is 3. The van der Waals surface area contributed by atoms with Gasteiger partial charge in [-0.05, 0) is 62.3 Å². The van der Waals surface area contributed by atoms with Gasteiger partial charge < -0.3 is 9.84 Å². The van der Waals surface area contributed by atoms with Crippen molar-refractivity contribution in [3.05, 3.63) is 28.8 Å². The van der Waals surface area contributed by atoms with Crippen molar-refractivity contribution in [1.82, 2.24) is 4.90 Å². The summed E-state index contributed by atoms with van der Waals surface area (Å²) in [6.07, 6.45) is 5.60. The molecule has 0 radical (unpaired) electrons. The first kappa shape index (κ1) is 14.9. The van der Waals surface area contributed by atoms with Gasteiger partial charge in [-0.1, -0.05) is 12.5 Å². The summed E-state index contributed by atoms with van der Waals surface area (Å²) in [5, 5.41) is 10.0. The third kappa shape index (κ3) is 2.95. The van der Waals surface area contributed by atoms with Gasteiger partial charge in [0.05, 0.1) is 13.2 Å². The Morgan fingerprint density at radius 2 is 1.81 bits per heavy atom. The van der Waals surface area contributed by atoms with Crippen LogP contribution in [-0.4, -0.2) is 35.3 Å². The average Bonchev–Trinajstić information content (AvgIpc) is 2.43. The van der Waals surface area contributed by atoms with E-state index < -0.39 is 0 Å². The van der Waals surface area contributed by atoms with Gasteiger partial charge in [0, 0.05) is 18.6 Å². The van der Waals surface area contributed by atoms with E-state index in [0.29, 0.717) is 12.1 Å². The van der Waals surface area contributed by atoms with E-state index in [1.165, 1.54) is 36.0 Å².